The van der Waals surface area contributed by atoms with Crippen LogP contribution < -0.4 is 5.32 Å². The largest absolute Gasteiger partial charge is 0.380 e. The van der Waals surface area contributed by atoms with Gasteiger partial charge in [0.1, 0.15) is 16.9 Å². The third kappa shape index (κ3) is 4.54. The van der Waals surface area contributed by atoms with Gasteiger partial charge in [-0.1, -0.05) is 23.9 Å². The molecule has 2 rings (SSSR count). The van der Waals surface area contributed by atoms with Gasteiger partial charge in [-0.2, -0.15) is 5.26 Å². The van der Waals surface area contributed by atoms with Crippen molar-refractivity contribution >= 4 is 23.4 Å². The second kappa shape index (κ2) is 8.43. The van der Waals surface area contributed by atoms with Gasteiger partial charge in [-0.15, -0.1) is 0 Å². The van der Waals surface area contributed by atoms with E-state index in [2.05, 4.69) is 16.4 Å². The first-order valence-corrected chi connectivity index (χ1v) is 8.10. The highest BCUT2D eigenvalue weighted by Gasteiger charge is 2.14. The van der Waals surface area contributed by atoms with Gasteiger partial charge in [0.25, 0.3) is 0 Å². The number of methoxy groups -OCH3 is 1. The molecule has 124 valence electrons. The van der Waals surface area contributed by atoms with Gasteiger partial charge in [-0.3, -0.25) is 4.79 Å². The highest BCUT2D eigenvalue weighted by Crippen LogP contribution is 2.25. The highest BCUT2D eigenvalue weighted by atomic mass is 32.2. The van der Waals surface area contributed by atoms with E-state index in [1.807, 2.05) is 6.92 Å². The van der Waals surface area contributed by atoms with Crippen LogP contribution in [0.3, 0.4) is 0 Å². The van der Waals surface area contributed by atoms with Crippen LogP contribution in [0.15, 0.2) is 35.4 Å². The van der Waals surface area contributed by atoms with Gasteiger partial charge in [0.2, 0.25) is 5.91 Å². The number of anilines is 1. The third-order valence-electron chi connectivity index (χ3n) is 3.10. The second-order valence-electron chi connectivity index (χ2n) is 4.96. The molecule has 0 saturated carbocycles. The van der Waals surface area contributed by atoms with E-state index in [0.29, 0.717) is 17.2 Å². The molecule has 0 bridgehead atoms. The number of carbonyl (C=O) groups excluding carboxylic acids is 1. The van der Waals surface area contributed by atoms with Crippen molar-refractivity contribution in [3.8, 4) is 6.07 Å². The molecule has 0 saturated heterocycles. The normalized spacial score (nSPS) is 10.2. The molecular formula is C17H16FN3O2S. The molecule has 0 radical (unpaired) electrons. The number of thioether (sulfide) groups is 1. The fourth-order valence-corrected chi connectivity index (χ4v) is 2.96. The van der Waals surface area contributed by atoms with Gasteiger partial charge in [0.15, 0.2) is 0 Å². The van der Waals surface area contributed by atoms with E-state index < -0.39 is 5.82 Å². The number of halogens is 1. The molecule has 5 nitrogen and oxygen atoms in total. The molecule has 1 aromatic carbocycles. The maximum Gasteiger partial charge on any atom is 0.234 e. The minimum Gasteiger partial charge on any atom is -0.380 e. The van der Waals surface area contributed by atoms with E-state index in [0.717, 1.165) is 23.0 Å². The molecule has 7 heteroatoms. The summed E-state index contributed by atoms with van der Waals surface area (Å²) in [5.74, 6) is -0.846. The Morgan fingerprint density at radius 1 is 1.46 bits per heavy atom. The standard InChI is InChI=1S/C17H16FN3O2S/c1-11-7-12(9-23-2)13(8-19)17(20-11)24-10-16(22)21-15-6-4-3-5-14(15)18/h3-7H,9-10H2,1-2H3,(H,21,22). The molecule has 0 spiro atoms. The van der Waals surface area contributed by atoms with E-state index in [-0.39, 0.29) is 17.3 Å². The Labute approximate surface area is 143 Å². The van der Waals surface area contributed by atoms with E-state index in [4.69, 9.17) is 4.74 Å². The quantitative estimate of drug-likeness (QED) is 0.813. The van der Waals surface area contributed by atoms with Crippen molar-refractivity contribution < 1.29 is 13.9 Å². The number of amides is 1. The molecule has 0 fully saturated rings. The number of nitrogens with zero attached hydrogens (tertiary/aromatic N) is 2. The van der Waals surface area contributed by atoms with E-state index in [1.54, 1.807) is 25.3 Å². The monoisotopic (exact) mass is 345 g/mol. The van der Waals surface area contributed by atoms with Gasteiger partial charge in [0.05, 0.1) is 23.6 Å². The van der Waals surface area contributed by atoms with Crippen LogP contribution in [0.4, 0.5) is 10.1 Å². The van der Waals surface area contributed by atoms with Gasteiger partial charge in [-0.05, 0) is 30.7 Å². The number of hydrogen-bond acceptors (Lipinski definition) is 5. The summed E-state index contributed by atoms with van der Waals surface area (Å²) >= 11 is 1.14. The molecule has 1 heterocycles. The Hall–Kier alpha value is -2.43. The zero-order chi connectivity index (χ0) is 17.5. The summed E-state index contributed by atoms with van der Waals surface area (Å²) in [4.78, 5) is 16.3. The number of aryl methyl sites for hydroxylation is 1. The van der Waals surface area contributed by atoms with E-state index >= 15 is 0 Å². The molecule has 2 aromatic rings. The molecule has 1 amide bonds. The van der Waals surface area contributed by atoms with Crippen molar-refractivity contribution in [2.75, 3.05) is 18.2 Å². The van der Waals surface area contributed by atoms with Crippen LogP contribution in [0.2, 0.25) is 0 Å². The first-order valence-electron chi connectivity index (χ1n) is 7.12. The van der Waals surface area contributed by atoms with Gasteiger partial charge < -0.3 is 10.1 Å². The summed E-state index contributed by atoms with van der Waals surface area (Å²) in [6.07, 6.45) is 0. The molecular weight excluding hydrogens is 329 g/mol. The average molecular weight is 345 g/mol. The summed E-state index contributed by atoms with van der Waals surface area (Å²) in [5.41, 5.74) is 1.98. The molecule has 0 aliphatic rings. The smallest absolute Gasteiger partial charge is 0.234 e. The van der Waals surface area contributed by atoms with Crippen molar-refractivity contribution in [2.45, 2.75) is 18.6 Å². The second-order valence-corrected chi connectivity index (χ2v) is 5.93. The Morgan fingerprint density at radius 3 is 2.88 bits per heavy atom. The average Bonchev–Trinajstić information content (AvgIpc) is 2.55. The molecule has 0 aliphatic heterocycles. The number of nitriles is 1. The predicted octanol–water partition coefficient (Wildman–Crippen LogP) is 3.28. The minimum absolute atomic E-state index is 0.0197. The lowest BCUT2D eigenvalue weighted by Gasteiger charge is -2.10. The van der Waals surface area contributed by atoms with Crippen molar-refractivity contribution in [3.63, 3.8) is 0 Å². The van der Waals surface area contributed by atoms with Crippen molar-refractivity contribution in [1.29, 1.82) is 5.26 Å². The first kappa shape index (κ1) is 17.9. The fourth-order valence-electron chi connectivity index (χ4n) is 2.09. The Morgan fingerprint density at radius 2 is 2.21 bits per heavy atom. The van der Waals surface area contributed by atoms with Gasteiger partial charge in [0, 0.05) is 12.8 Å². The van der Waals surface area contributed by atoms with Crippen molar-refractivity contribution in [1.82, 2.24) is 4.98 Å². The number of rotatable bonds is 6. The summed E-state index contributed by atoms with van der Waals surface area (Å²) in [7, 11) is 1.55. The Kier molecular flexibility index (Phi) is 6.29. The van der Waals surface area contributed by atoms with Crippen LogP contribution in [0.25, 0.3) is 0 Å². The number of pyridine rings is 1. The molecule has 1 aromatic heterocycles. The number of carbonyl (C=O) groups is 1. The van der Waals surface area contributed by atoms with Crippen molar-refractivity contribution in [3.05, 3.63) is 53.0 Å². The number of hydrogen-bond donors (Lipinski definition) is 1. The number of ether oxygens (including phenoxy) is 1. The van der Waals surface area contributed by atoms with Crippen LogP contribution in [-0.2, 0) is 16.1 Å². The fraction of sp³-hybridized carbons (Fsp3) is 0.235. The summed E-state index contributed by atoms with van der Waals surface area (Å²) in [6.45, 7) is 2.10. The Balaban J connectivity index is 2.10. The molecule has 0 unspecified atom stereocenters. The van der Waals surface area contributed by atoms with Crippen molar-refractivity contribution in [2.24, 2.45) is 0 Å². The SMILES string of the molecule is COCc1cc(C)nc(SCC(=O)Nc2ccccc2F)c1C#N. The van der Waals surface area contributed by atoms with Crippen LogP contribution in [0.1, 0.15) is 16.8 Å². The lowest BCUT2D eigenvalue weighted by molar-refractivity contribution is -0.113. The summed E-state index contributed by atoms with van der Waals surface area (Å²) in [6, 6.07) is 9.83. The maximum absolute atomic E-state index is 13.5. The van der Waals surface area contributed by atoms with E-state index in [9.17, 15) is 14.4 Å². The molecule has 0 atom stereocenters. The predicted molar refractivity (Wildman–Crippen MR) is 90.2 cm³/mol. The van der Waals surface area contributed by atoms with Gasteiger partial charge in [-0.25, -0.2) is 9.37 Å². The first-order chi connectivity index (χ1) is 11.5. The third-order valence-corrected chi connectivity index (χ3v) is 4.07. The molecule has 1 N–H and O–H groups in total. The van der Waals surface area contributed by atoms with Crippen LogP contribution in [-0.4, -0.2) is 23.8 Å². The van der Waals surface area contributed by atoms with Crippen LogP contribution in [0, 0.1) is 24.1 Å². The summed E-state index contributed by atoms with van der Waals surface area (Å²) < 4.78 is 18.6. The summed E-state index contributed by atoms with van der Waals surface area (Å²) in [5, 5.41) is 12.3. The zero-order valence-electron chi connectivity index (χ0n) is 13.3. The lowest BCUT2D eigenvalue weighted by atomic mass is 10.1. The number of nitrogens with one attached hydrogen (secondary N) is 1. The Bertz CT molecular complexity index is 790. The number of benzene rings is 1. The molecule has 0 aliphatic carbocycles. The highest BCUT2D eigenvalue weighted by molar-refractivity contribution is 8.00. The lowest BCUT2D eigenvalue weighted by Crippen LogP contribution is -2.15. The van der Waals surface area contributed by atoms with Crippen LogP contribution in [0.5, 0.6) is 0 Å². The number of aromatic nitrogens is 1. The maximum atomic E-state index is 13.5. The zero-order valence-corrected chi connectivity index (χ0v) is 14.1. The van der Waals surface area contributed by atoms with E-state index in [1.165, 1.54) is 12.1 Å². The number of para-hydroxylation sites is 1. The van der Waals surface area contributed by atoms with Crippen LogP contribution >= 0.6 is 11.8 Å². The minimum atomic E-state index is -0.496. The van der Waals surface area contributed by atoms with Gasteiger partial charge >= 0.3 is 0 Å². The molecule has 24 heavy (non-hydrogen) atoms. The topological polar surface area (TPSA) is 75.0 Å².